The third kappa shape index (κ3) is 4.90. The summed E-state index contributed by atoms with van der Waals surface area (Å²) in [5, 5.41) is 19.9. The maximum Gasteiger partial charge on any atom is 0.310 e. The molecule has 0 spiro atoms. The minimum absolute atomic E-state index is 0.00981. The number of rotatable bonds is 6. The number of hydrogen-bond donors (Lipinski definition) is 2. The molecule has 0 heterocycles. The minimum atomic E-state index is -0.894. The fourth-order valence-electron chi connectivity index (χ4n) is 11.9. The molecule has 6 nitrogen and oxygen atoms in total. The Bertz CT molecular complexity index is 1210. The summed E-state index contributed by atoms with van der Waals surface area (Å²) in [5.74, 6) is -0.745. The van der Waals surface area contributed by atoms with Crippen LogP contribution in [0, 0.1) is 55.7 Å². The van der Waals surface area contributed by atoms with Crippen molar-refractivity contribution < 1.29 is 29.3 Å². The number of esters is 1. The number of carboxylic acids is 2. The molecule has 0 saturated heterocycles. The van der Waals surface area contributed by atoms with Gasteiger partial charge in [0.25, 0.3) is 0 Å². The molecule has 8 atom stereocenters. The van der Waals surface area contributed by atoms with Gasteiger partial charge in [-0.05, 0) is 109 Å². The molecule has 4 saturated carbocycles. The van der Waals surface area contributed by atoms with Crippen molar-refractivity contribution >= 4 is 17.9 Å². The monoisotopic (exact) mass is 598 g/mol. The molecule has 0 aromatic carbocycles. The molecule has 0 aromatic rings. The van der Waals surface area contributed by atoms with Crippen LogP contribution in [0.2, 0.25) is 0 Å². The van der Waals surface area contributed by atoms with Crippen LogP contribution in [0.25, 0.3) is 0 Å². The zero-order valence-corrected chi connectivity index (χ0v) is 28.4. The summed E-state index contributed by atoms with van der Waals surface area (Å²) >= 11 is 0. The molecule has 0 bridgehead atoms. The van der Waals surface area contributed by atoms with E-state index in [1.54, 1.807) is 0 Å². The Morgan fingerprint density at radius 1 is 0.860 bits per heavy atom. The van der Waals surface area contributed by atoms with Crippen molar-refractivity contribution in [1.29, 1.82) is 0 Å². The zero-order chi connectivity index (χ0) is 32.0. The van der Waals surface area contributed by atoms with Crippen LogP contribution in [0.4, 0.5) is 0 Å². The van der Waals surface area contributed by atoms with Crippen LogP contribution in [0.5, 0.6) is 0 Å². The molecule has 2 unspecified atom stereocenters. The molecule has 0 radical (unpaired) electrons. The summed E-state index contributed by atoms with van der Waals surface area (Å²) in [7, 11) is 0. The lowest BCUT2D eigenvalue weighted by Gasteiger charge is -2.71. The van der Waals surface area contributed by atoms with E-state index in [-0.39, 0.29) is 57.9 Å². The van der Waals surface area contributed by atoms with Gasteiger partial charge in [-0.2, -0.15) is 0 Å². The van der Waals surface area contributed by atoms with Crippen molar-refractivity contribution in [2.24, 2.45) is 55.7 Å². The Hall–Kier alpha value is -1.85. The van der Waals surface area contributed by atoms with Crippen molar-refractivity contribution in [1.82, 2.24) is 0 Å². The van der Waals surface area contributed by atoms with Gasteiger partial charge in [0.05, 0.1) is 18.3 Å². The lowest BCUT2D eigenvalue weighted by molar-refractivity contribution is -0.214. The van der Waals surface area contributed by atoms with E-state index in [2.05, 4.69) is 54.5 Å². The van der Waals surface area contributed by atoms with Crippen LogP contribution in [-0.4, -0.2) is 34.2 Å². The van der Waals surface area contributed by atoms with E-state index in [1.807, 2.05) is 13.8 Å². The molecule has 5 aliphatic rings. The molecular weight excluding hydrogens is 540 g/mol. The van der Waals surface area contributed by atoms with E-state index in [1.165, 1.54) is 5.57 Å². The number of allylic oxidation sites excluding steroid dienone is 2. The lowest BCUT2D eigenvalue weighted by atomic mass is 9.33. The van der Waals surface area contributed by atoms with Gasteiger partial charge < -0.3 is 14.9 Å². The van der Waals surface area contributed by atoms with Crippen molar-refractivity contribution in [3.05, 3.63) is 11.6 Å². The lowest BCUT2D eigenvalue weighted by Crippen LogP contribution is -2.65. The first kappa shape index (κ1) is 32.5. The average Bonchev–Trinajstić information content (AvgIpc) is 2.84. The molecule has 5 rings (SSSR count). The number of carbonyl (C=O) groups is 3. The minimum Gasteiger partial charge on any atom is -0.481 e. The maximum atomic E-state index is 13.1. The Morgan fingerprint density at radius 2 is 1.51 bits per heavy atom. The average molecular weight is 599 g/mol. The van der Waals surface area contributed by atoms with E-state index in [0.29, 0.717) is 11.8 Å². The summed E-state index contributed by atoms with van der Waals surface area (Å²) in [4.78, 5) is 37.3. The van der Waals surface area contributed by atoms with Crippen molar-refractivity contribution in [3.63, 3.8) is 0 Å². The van der Waals surface area contributed by atoms with Gasteiger partial charge in [0.15, 0.2) is 0 Å². The third-order valence-corrected chi connectivity index (χ3v) is 14.5. The van der Waals surface area contributed by atoms with Crippen molar-refractivity contribution in [3.8, 4) is 0 Å². The van der Waals surface area contributed by atoms with E-state index in [0.717, 1.165) is 64.2 Å². The predicted octanol–water partition coefficient (Wildman–Crippen LogP) is 8.68. The van der Waals surface area contributed by atoms with Gasteiger partial charge in [0.2, 0.25) is 0 Å². The Kier molecular flexibility index (Phi) is 7.63. The van der Waals surface area contributed by atoms with Gasteiger partial charge >= 0.3 is 17.9 Å². The summed E-state index contributed by atoms with van der Waals surface area (Å²) in [5.41, 5.74) is 0.348. The topological polar surface area (TPSA) is 101 Å². The highest BCUT2D eigenvalue weighted by Gasteiger charge is 2.69. The highest BCUT2D eigenvalue weighted by Crippen LogP contribution is 2.75. The molecule has 6 heteroatoms. The van der Waals surface area contributed by atoms with Gasteiger partial charge in [-0.1, -0.05) is 74.0 Å². The normalized spacial score (nSPS) is 43.1. The quantitative estimate of drug-likeness (QED) is 0.234. The molecule has 242 valence electrons. The molecule has 4 fully saturated rings. The van der Waals surface area contributed by atoms with Gasteiger partial charge in [0.1, 0.15) is 6.10 Å². The first-order valence-corrected chi connectivity index (χ1v) is 17.0. The van der Waals surface area contributed by atoms with Crippen molar-refractivity contribution in [2.75, 3.05) is 0 Å². The summed E-state index contributed by atoms with van der Waals surface area (Å²) in [6.45, 7) is 20.4. The predicted molar refractivity (Wildman–Crippen MR) is 167 cm³/mol. The van der Waals surface area contributed by atoms with Crippen LogP contribution in [0.3, 0.4) is 0 Å². The highest BCUT2D eigenvalue weighted by atomic mass is 16.5. The molecule has 0 aliphatic heterocycles. The number of ether oxygens (including phenoxy) is 1. The smallest absolute Gasteiger partial charge is 0.310 e. The second-order valence-electron chi connectivity index (χ2n) is 18.4. The molecule has 5 aliphatic carbocycles. The molecule has 0 aromatic heterocycles. The second kappa shape index (κ2) is 10.1. The van der Waals surface area contributed by atoms with Gasteiger partial charge in [-0.3, -0.25) is 14.4 Å². The van der Waals surface area contributed by atoms with Crippen LogP contribution < -0.4 is 0 Å². The highest BCUT2D eigenvalue weighted by molar-refractivity contribution is 5.76. The first-order valence-electron chi connectivity index (χ1n) is 17.0. The Morgan fingerprint density at radius 3 is 2.14 bits per heavy atom. The SMILES string of the molecule is CC(C)(CC(=O)O)CC(=O)O[C@H]1CC[C@@]2(C)C(CC[C@]3(C)C2CC=C2[C@@H]4CC(C)(C)CC[C@]4(C(=O)O)CC[C@]23C)C1(C)C. The van der Waals surface area contributed by atoms with E-state index in [9.17, 15) is 24.6 Å². The van der Waals surface area contributed by atoms with Crippen LogP contribution in [0.15, 0.2) is 11.6 Å². The number of hydrogen-bond acceptors (Lipinski definition) is 4. The second-order valence-corrected chi connectivity index (χ2v) is 18.4. The summed E-state index contributed by atoms with van der Waals surface area (Å²) < 4.78 is 6.20. The molecule has 2 N–H and O–H groups in total. The van der Waals surface area contributed by atoms with Crippen molar-refractivity contribution in [2.45, 2.75) is 145 Å². The third-order valence-electron chi connectivity index (χ3n) is 14.5. The van der Waals surface area contributed by atoms with Gasteiger partial charge in [0, 0.05) is 5.41 Å². The molecule has 43 heavy (non-hydrogen) atoms. The largest absolute Gasteiger partial charge is 0.481 e. The first-order chi connectivity index (χ1) is 19.6. The Labute approximate surface area is 259 Å². The number of carboxylic acid groups (broad SMARTS) is 2. The fourth-order valence-corrected chi connectivity index (χ4v) is 11.9. The zero-order valence-electron chi connectivity index (χ0n) is 28.4. The van der Waals surface area contributed by atoms with Crippen LogP contribution in [0.1, 0.15) is 139 Å². The molecular formula is C37H58O6. The van der Waals surface area contributed by atoms with Gasteiger partial charge in [-0.15, -0.1) is 0 Å². The van der Waals surface area contributed by atoms with Gasteiger partial charge in [-0.25, -0.2) is 0 Å². The number of fused-ring (bicyclic) bond motifs is 7. The fraction of sp³-hybridized carbons (Fsp3) is 0.865. The maximum absolute atomic E-state index is 13.1. The summed E-state index contributed by atoms with van der Waals surface area (Å²) in [6.07, 6.45) is 11.9. The molecule has 0 amide bonds. The van der Waals surface area contributed by atoms with Crippen LogP contribution >= 0.6 is 0 Å². The summed E-state index contributed by atoms with van der Waals surface area (Å²) in [6, 6.07) is 0. The Balaban J connectivity index is 1.42. The van der Waals surface area contributed by atoms with E-state index >= 15 is 0 Å². The number of carbonyl (C=O) groups excluding carboxylic acids is 1. The van der Waals surface area contributed by atoms with Crippen LogP contribution in [-0.2, 0) is 19.1 Å². The number of aliphatic carboxylic acids is 2. The van der Waals surface area contributed by atoms with E-state index < -0.39 is 22.8 Å². The van der Waals surface area contributed by atoms with E-state index in [4.69, 9.17) is 4.74 Å². The standard InChI is InChI=1S/C37H58O6/c1-31(2)16-18-37(30(41)42)19-17-35(8)23(24(37)20-31)10-11-26-34(7)14-13-27(33(5,6)25(34)12-15-36(26,35)9)43-29(40)22-32(3,4)21-28(38)39/h10,24-27H,11-22H2,1-9H3,(H,38,39)(H,41,42)/t24-,25?,26?,27-,34-,35+,36+,37-/m0/s1.